The molecule has 20 heavy (non-hydrogen) atoms. The minimum atomic E-state index is 0.427. The molecular formula is C17H17NOS. The lowest BCUT2D eigenvalue weighted by atomic mass is 9.79. The Hall–Kier alpha value is -1.74. The number of rotatable bonds is 2. The highest BCUT2D eigenvalue weighted by molar-refractivity contribution is 7.10. The minimum absolute atomic E-state index is 0.427. The maximum atomic E-state index is 5.38. The molecular weight excluding hydrogens is 266 g/mol. The van der Waals surface area contributed by atoms with E-state index in [4.69, 9.17) is 4.74 Å². The zero-order valence-electron chi connectivity index (χ0n) is 11.4. The van der Waals surface area contributed by atoms with Gasteiger partial charge in [-0.05, 0) is 47.5 Å². The molecule has 1 aromatic carbocycles. The van der Waals surface area contributed by atoms with E-state index in [1.54, 1.807) is 7.11 Å². The lowest BCUT2D eigenvalue weighted by Gasteiger charge is -2.36. The zero-order valence-corrected chi connectivity index (χ0v) is 12.2. The van der Waals surface area contributed by atoms with E-state index in [0.717, 1.165) is 12.2 Å². The van der Waals surface area contributed by atoms with Gasteiger partial charge in [0.15, 0.2) is 0 Å². The predicted octanol–water partition coefficient (Wildman–Crippen LogP) is 4.58. The second kappa shape index (κ2) is 4.67. The number of methoxy groups -OCH3 is 1. The van der Waals surface area contributed by atoms with Gasteiger partial charge >= 0.3 is 0 Å². The van der Waals surface area contributed by atoms with Crippen molar-refractivity contribution < 1.29 is 4.74 Å². The predicted molar refractivity (Wildman–Crippen MR) is 83.7 cm³/mol. The second-order valence-electron chi connectivity index (χ2n) is 5.44. The molecule has 0 saturated carbocycles. The number of nitrogens with one attached hydrogen (secondary N) is 1. The third-order valence-corrected chi connectivity index (χ3v) is 5.38. The lowest BCUT2D eigenvalue weighted by molar-refractivity contribution is 0.406. The van der Waals surface area contributed by atoms with Crippen LogP contribution in [-0.2, 0) is 0 Å². The van der Waals surface area contributed by atoms with E-state index in [0.29, 0.717) is 17.9 Å². The van der Waals surface area contributed by atoms with E-state index in [1.165, 1.54) is 16.1 Å². The van der Waals surface area contributed by atoms with Gasteiger partial charge in [-0.25, -0.2) is 0 Å². The highest BCUT2D eigenvalue weighted by atomic mass is 32.1. The molecule has 2 nitrogen and oxygen atoms in total. The first-order chi connectivity index (χ1) is 9.86. The fourth-order valence-electron chi connectivity index (χ4n) is 3.45. The van der Waals surface area contributed by atoms with Gasteiger partial charge in [-0.15, -0.1) is 11.3 Å². The topological polar surface area (TPSA) is 21.3 Å². The Bertz CT molecular complexity index is 647. The van der Waals surface area contributed by atoms with Crippen molar-refractivity contribution in [2.24, 2.45) is 5.92 Å². The summed E-state index contributed by atoms with van der Waals surface area (Å²) in [5.41, 5.74) is 2.62. The van der Waals surface area contributed by atoms with Gasteiger partial charge in [0.1, 0.15) is 5.75 Å². The van der Waals surface area contributed by atoms with Gasteiger partial charge in [-0.3, -0.25) is 0 Å². The smallest absolute Gasteiger partial charge is 0.119 e. The summed E-state index contributed by atoms with van der Waals surface area (Å²) in [6.45, 7) is 0. The highest BCUT2D eigenvalue weighted by Crippen LogP contribution is 2.51. The molecule has 4 rings (SSSR count). The summed E-state index contributed by atoms with van der Waals surface area (Å²) in [7, 11) is 1.73. The SMILES string of the molecule is COc1ccc2c(c1)C1C=CCC1C(c1cccs1)N2. The van der Waals surface area contributed by atoms with E-state index in [-0.39, 0.29) is 0 Å². The van der Waals surface area contributed by atoms with Crippen molar-refractivity contribution in [2.45, 2.75) is 18.4 Å². The summed E-state index contributed by atoms with van der Waals surface area (Å²) >= 11 is 1.85. The second-order valence-corrected chi connectivity index (χ2v) is 6.42. The summed E-state index contributed by atoms with van der Waals surface area (Å²) < 4.78 is 5.38. The number of ether oxygens (including phenoxy) is 1. The number of benzene rings is 1. The molecule has 1 N–H and O–H groups in total. The Morgan fingerprint density at radius 3 is 3.05 bits per heavy atom. The standard InChI is InChI=1S/C17H17NOS/c1-19-11-7-8-15-14(10-11)12-4-2-5-13(12)17(18-15)16-6-3-9-20-16/h2-4,6-10,12-13,17-18H,5H2,1H3. The largest absolute Gasteiger partial charge is 0.497 e. The Balaban J connectivity index is 1.79. The van der Waals surface area contributed by atoms with Crippen molar-refractivity contribution in [2.75, 3.05) is 12.4 Å². The highest BCUT2D eigenvalue weighted by Gasteiger charge is 2.38. The number of thiophene rings is 1. The van der Waals surface area contributed by atoms with Crippen molar-refractivity contribution in [1.29, 1.82) is 0 Å². The van der Waals surface area contributed by atoms with Gasteiger partial charge in [0, 0.05) is 16.5 Å². The summed E-state index contributed by atoms with van der Waals surface area (Å²) in [5.74, 6) is 2.07. The van der Waals surface area contributed by atoms with Crippen LogP contribution in [0.5, 0.6) is 5.75 Å². The molecule has 0 saturated heterocycles. The number of allylic oxidation sites excluding steroid dienone is 2. The Labute approximate surface area is 123 Å². The van der Waals surface area contributed by atoms with Crippen LogP contribution in [0.2, 0.25) is 0 Å². The van der Waals surface area contributed by atoms with E-state index in [9.17, 15) is 0 Å². The first-order valence-electron chi connectivity index (χ1n) is 7.01. The maximum Gasteiger partial charge on any atom is 0.119 e. The molecule has 0 fully saturated rings. The number of hydrogen-bond acceptors (Lipinski definition) is 3. The molecule has 3 atom stereocenters. The van der Waals surface area contributed by atoms with Crippen molar-refractivity contribution in [1.82, 2.24) is 0 Å². The zero-order chi connectivity index (χ0) is 13.5. The average molecular weight is 283 g/mol. The van der Waals surface area contributed by atoms with Crippen LogP contribution >= 0.6 is 11.3 Å². The number of hydrogen-bond donors (Lipinski definition) is 1. The monoisotopic (exact) mass is 283 g/mol. The van der Waals surface area contributed by atoms with Gasteiger partial charge in [0.05, 0.1) is 13.2 Å². The van der Waals surface area contributed by atoms with Gasteiger partial charge in [0.25, 0.3) is 0 Å². The van der Waals surface area contributed by atoms with Crippen LogP contribution in [0.25, 0.3) is 0 Å². The molecule has 0 radical (unpaired) electrons. The molecule has 2 aromatic rings. The van der Waals surface area contributed by atoms with Crippen LogP contribution in [0, 0.1) is 5.92 Å². The fourth-order valence-corrected chi connectivity index (χ4v) is 4.30. The summed E-state index contributed by atoms with van der Waals surface area (Å²) in [6, 6.07) is 11.2. The van der Waals surface area contributed by atoms with Gasteiger partial charge in [-0.1, -0.05) is 18.2 Å². The van der Waals surface area contributed by atoms with Crippen molar-refractivity contribution >= 4 is 17.0 Å². The number of anilines is 1. The Kier molecular flexibility index (Phi) is 2.81. The molecule has 0 spiro atoms. The molecule has 3 heteroatoms. The van der Waals surface area contributed by atoms with Crippen LogP contribution in [0.4, 0.5) is 5.69 Å². The van der Waals surface area contributed by atoms with E-state index < -0.39 is 0 Å². The maximum absolute atomic E-state index is 5.38. The van der Waals surface area contributed by atoms with Crippen molar-refractivity contribution in [3.63, 3.8) is 0 Å². The van der Waals surface area contributed by atoms with E-state index in [1.807, 2.05) is 17.4 Å². The quantitative estimate of drug-likeness (QED) is 0.814. The lowest BCUT2D eigenvalue weighted by Crippen LogP contribution is -2.28. The molecule has 102 valence electrons. The Morgan fingerprint density at radius 2 is 2.25 bits per heavy atom. The average Bonchev–Trinajstić information content (AvgIpc) is 3.17. The van der Waals surface area contributed by atoms with Crippen LogP contribution in [0.15, 0.2) is 47.9 Å². The van der Waals surface area contributed by atoms with Crippen molar-refractivity contribution in [3.05, 3.63) is 58.3 Å². The molecule has 1 aliphatic carbocycles. The van der Waals surface area contributed by atoms with Crippen LogP contribution in [0.1, 0.15) is 28.8 Å². The van der Waals surface area contributed by atoms with Crippen LogP contribution in [-0.4, -0.2) is 7.11 Å². The van der Waals surface area contributed by atoms with Crippen LogP contribution in [0.3, 0.4) is 0 Å². The third kappa shape index (κ3) is 1.77. The van der Waals surface area contributed by atoms with Crippen molar-refractivity contribution in [3.8, 4) is 5.75 Å². The van der Waals surface area contributed by atoms with E-state index in [2.05, 4.69) is 47.1 Å². The minimum Gasteiger partial charge on any atom is -0.497 e. The van der Waals surface area contributed by atoms with E-state index >= 15 is 0 Å². The summed E-state index contributed by atoms with van der Waals surface area (Å²) in [5, 5.41) is 5.90. The molecule has 2 heterocycles. The first-order valence-corrected chi connectivity index (χ1v) is 7.89. The Morgan fingerprint density at radius 1 is 1.30 bits per heavy atom. The van der Waals surface area contributed by atoms with Gasteiger partial charge in [-0.2, -0.15) is 0 Å². The normalized spacial score (nSPS) is 26.8. The third-order valence-electron chi connectivity index (χ3n) is 4.42. The molecule has 2 aliphatic rings. The molecule has 1 aromatic heterocycles. The first kappa shape index (κ1) is 12.0. The summed E-state index contributed by atoms with van der Waals surface area (Å²) in [4.78, 5) is 1.44. The molecule has 1 aliphatic heterocycles. The fraction of sp³-hybridized carbons (Fsp3) is 0.294. The van der Waals surface area contributed by atoms with Gasteiger partial charge in [0.2, 0.25) is 0 Å². The molecule has 0 amide bonds. The van der Waals surface area contributed by atoms with Gasteiger partial charge < -0.3 is 10.1 Å². The number of fused-ring (bicyclic) bond motifs is 3. The molecule has 3 unspecified atom stereocenters. The molecule has 0 bridgehead atoms. The summed E-state index contributed by atoms with van der Waals surface area (Å²) in [6.07, 6.45) is 5.84. The van der Waals surface area contributed by atoms with Crippen LogP contribution < -0.4 is 10.1 Å².